The number of terminal acetylenes is 1. The van der Waals surface area contributed by atoms with E-state index in [0.717, 1.165) is 43.2 Å². The predicted octanol–water partition coefficient (Wildman–Crippen LogP) is 2.72. The number of ether oxygens (including phenoxy) is 2. The average Bonchev–Trinajstić information content (AvgIpc) is 2.67. The molecule has 1 aromatic rings. The molecule has 27 heavy (non-hydrogen) atoms. The number of halogens is 1. The van der Waals surface area contributed by atoms with Crippen molar-refractivity contribution in [2.75, 3.05) is 46.4 Å². The van der Waals surface area contributed by atoms with E-state index in [4.69, 9.17) is 15.9 Å². The summed E-state index contributed by atoms with van der Waals surface area (Å²) in [7, 11) is 1.65. The van der Waals surface area contributed by atoms with E-state index in [0.29, 0.717) is 25.7 Å². The van der Waals surface area contributed by atoms with E-state index in [1.165, 1.54) is 0 Å². The number of nitrogens with zero attached hydrogens (tertiary/aromatic N) is 2. The molecular formula is C20H33IN4O2. The molecule has 6 nitrogen and oxygen atoms in total. The van der Waals surface area contributed by atoms with Crippen LogP contribution in [0.2, 0.25) is 0 Å². The zero-order valence-electron chi connectivity index (χ0n) is 16.9. The maximum Gasteiger partial charge on any atom is 0.192 e. The van der Waals surface area contributed by atoms with Crippen LogP contribution in [0.4, 0.5) is 0 Å². The van der Waals surface area contributed by atoms with Gasteiger partial charge in [0.2, 0.25) is 0 Å². The van der Waals surface area contributed by atoms with Gasteiger partial charge in [-0.05, 0) is 37.7 Å². The fraction of sp³-hybridized carbons (Fsp3) is 0.550. The Labute approximate surface area is 181 Å². The Kier molecular flexibility index (Phi) is 14.5. The van der Waals surface area contributed by atoms with Crippen molar-refractivity contribution < 1.29 is 9.47 Å². The fourth-order valence-corrected chi connectivity index (χ4v) is 2.40. The molecule has 7 heteroatoms. The van der Waals surface area contributed by atoms with Gasteiger partial charge in [-0.2, -0.15) is 0 Å². The van der Waals surface area contributed by atoms with Crippen LogP contribution in [0.15, 0.2) is 23.2 Å². The molecule has 0 aromatic heterocycles. The van der Waals surface area contributed by atoms with Crippen molar-refractivity contribution in [1.29, 1.82) is 0 Å². The van der Waals surface area contributed by atoms with Crippen molar-refractivity contribution in [2.45, 2.75) is 27.3 Å². The van der Waals surface area contributed by atoms with Crippen molar-refractivity contribution in [1.82, 2.24) is 15.5 Å². The zero-order valence-corrected chi connectivity index (χ0v) is 19.2. The van der Waals surface area contributed by atoms with E-state index < -0.39 is 0 Å². The van der Waals surface area contributed by atoms with Crippen LogP contribution in [-0.2, 0) is 6.54 Å². The normalized spacial score (nSPS) is 10.7. The third kappa shape index (κ3) is 9.73. The second-order valence-electron chi connectivity index (χ2n) is 5.61. The second-order valence-corrected chi connectivity index (χ2v) is 5.61. The van der Waals surface area contributed by atoms with Crippen molar-refractivity contribution in [3.63, 3.8) is 0 Å². The number of rotatable bonds is 11. The molecule has 0 saturated heterocycles. The minimum absolute atomic E-state index is 0. The van der Waals surface area contributed by atoms with Crippen molar-refractivity contribution in [3.05, 3.63) is 23.8 Å². The first-order valence-corrected chi connectivity index (χ1v) is 9.16. The summed E-state index contributed by atoms with van der Waals surface area (Å²) in [6.45, 7) is 11.6. The van der Waals surface area contributed by atoms with Gasteiger partial charge in [-0.1, -0.05) is 25.8 Å². The molecule has 0 aliphatic carbocycles. The summed E-state index contributed by atoms with van der Waals surface area (Å²) in [4.78, 5) is 6.85. The molecule has 1 aromatic carbocycles. The quantitative estimate of drug-likeness (QED) is 0.217. The molecule has 0 fully saturated rings. The van der Waals surface area contributed by atoms with Crippen LogP contribution in [0.1, 0.15) is 26.3 Å². The first-order chi connectivity index (χ1) is 12.7. The molecule has 0 saturated carbocycles. The smallest absolute Gasteiger partial charge is 0.192 e. The van der Waals surface area contributed by atoms with Crippen LogP contribution in [-0.4, -0.2) is 57.3 Å². The molecule has 0 radical (unpaired) electrons. The van der Waals surface area contributed by atoms with Crippen LogP contribution in [0, 0.1) is 12.3 Å². The summed E-state index contributed by atoms with van der Waals surface area (Å²) >= 11 is 0. The van der Waals surface area contributed by atoms with Crippen molar-refractivity contribution in [3.8, 4) is 23.8 Å². The Morgan fingerprint density at radius 2 is 1.93 bits per heavy atom. The topological polar surface area (TPSA) is 58.1 Å². The highest BCUT2D eigenvalue weighted by molar-refractivity contribution is 14.0. The molecule has 2 N–H and O–H groups in total. The minimum atomic E-state index is 0. The van der Waals surface area contributed by atoms with E-state index in [1.54, 1.807) is 7.11 Å². The highest BCUT2D eigenvalue weighted by Gasteiger charge is 2.07. The summed E-state index contributed by atoms with van der Waals surface area (Å²) in [5.41, 5.74) is 1.04. The zero-order chi connectivity index (χ0) is 19.2. The monoisotopic (exact) mass is 488 g/mol. The lowest BCUT2D eigenvalue weighted by Crippen LogP contribution is -2.37. The summed E-state index contributed by atoms with van der Waals surface area (Å²) in [6, 6.07) is 5.90. The Balaban J connectivity index is 0.00000676. The van der Waals surface area contributed by atoms with Gasteiger partial charge < -0.3 is 25.0 Å². The number of nitrogens with one attached hydrogen (secondary N) is 2. The lowest BCUT2D eigenvalue weighted by Gasteiger charge is -2.19. The molecular weight excluding hydrogens is 455 g/mol. The van der Waals surface area contributed by atoms with E-state index in [2.05, 4.69) is 40.3 Å². The van der Waals surface area contributed by atoms with E-state index in [-0.39, 0.29) is 24.0 Å². The van der Waals surface area contributed by atoms with Crippen LogP contribution >= 0.6 is 24.0 Å². The third-order valence-corrected chi connectivity index (χ3v) is 3.91. The number of methoxy groups -OCH3 is 1. The Hall–Kier alpha value is -1.66. The Bertz CT molecular complexity index is 598. The number of benzene rings is 1. The lowest BCUT2D eigenvalue weighted by molar-refractivity contribution is 0.217. The number of aliphatic imine (C=N–C) groups is 1. The largest absolute Gasteiger partial charge is 0.493 e. The third-order valence-electron chi connectivity index (χ3n) is 3.91. The number of hydrogen-bond donors (Lipinski definition) is 2. The average molecular weight is 488 g/mol. The highest BCUT2D eigenvalue weighted by Crippen LogP contribution is 2.28. The van der Waals surface area contributed by atoms with Crippen molar-refractivity contribution >= 4 is 29.9 Å². The molecule has 0 atom stereocenters. The summed E-state index contributed by atoms with van der Waals surface area (Å²) in [5, 5.41) is 6.23. The summed E-state index contributed by atoms with van der Waals surface area (Å²) in [6.07, 6.45) is 5.28. The van der Waals surface area contributed by atoms with Gasteiger partial charge in [-0.25, -0.2) is 4.99 Å². The maximum absolute atomic E-state index is 5.89. The fourth-order valence-electron chi connectivity index (χ4n) is 2.40. The summed E-state index contributed by atoms with van der Waals surface area (Å²) < 4.78 is 11.4. The minimum Gasteiger partial charge on any atom is -0.493 e. The van der Waals surface area contributed by atoms with E-state index >= 15 is 0 Å². The molecule has 152 valence electrons. The van der Waals surface area contributed by atoms with Gasteiger partial charge >= 0.3 is 0 Å². The molecule has 1 rings (SSSR count). The molecule has 0 unspecified atom stereocenters. The van der Waals surface area contributed by atoms with Crippen LogP contribution < -0.4 is 20.1 Å². The molecule has 0 heterocycles. The maximum atomic E-state index is 5.89. The van der Waals surface area contributed by atoms with E-state index in [1.807, 2.05) is 25.1 Å². The Morgan fingerprint density at radius 3 is 2.52 bits per heavy atom. The second kappa shape index (κ2) is 15.4. The lowest BCUT2D eigenvalue weighted by atomic mass is 10.2. The number of likely N-dealkylation sites (N-methyl/N-ethyl adjacent to an activating group) is 1. The molecule has 0 aliphatic heterocycles. The summed E-state index contributed by atoms with van der Waals surface area (Å²) in [5.74, 6) is 4.72. The van der Waals surface area contributed by atoms with Gasteiger partial charge in [-0.3, -0.25) is 0 Å². The van der Waals surface area contributed by atoms with Gasteiger partial charge in [0.15, 0.2) is 17.5 Å². The Morgan fingerprint density at radius 1 is 1.19 bits per heavy atom. The standard InChI is InChI=1S/C20H32N4O2.HI/c1-6-12-22-20(21-7-2)23-16-17-10-11-18(19(15-17)25-5)26-14-13-24(8-3)9-4;/h1,10-11,15H,7-9,12-14,16H2,2-5H3,(H2,21,22,23);1H. The number of guanidine groups is 1. The molecule has 0 amide bonds. The SMILES string of the molecule is C#CCNC(=NCc1ccc(OCCN(CC)CC)c(OC)c1)NCC.I. The molecule has 0 spiro atoms. The first kappa shape index (κ1) is 25.3. The predicted molar refractivity (Wildman–Crippen MR) is 123 cm³/mol. The van der Waals surface area contributed by atoms with Gasteiger partial charge in [0.25, 0.3) is 0 Å². The van der Waals surface area contributed by atoms with Gasteiger partial charge in [-0.15, -0.1) is 30.4 Å². The molecule has 0 aliphatic rings. The van der Waals surface area contributed by atoms with Gasteiger partial charge in [0.05, 0.1) is 20.2 Å². The van der Waals surface area contributed by atoms with Crippen LogP contribution in [0.25, 0.3) is 0 Å². The first-order valence-electron chi connectivity index (χ1n) is 9.16. The van der Waals surface area contributed by atoms with E-state index in [9.17, 15) is 0 Å². The van der Waals surface area contributed by atoms with Gasteiger partial charge in [0, 0.05) is 13.1 Å². The van der Waals surface area contributed by atoms with Gasteiger partial charge in [0.1, 0.15) is 6.61 Å². The number of hydrogen-bond acceptors (Lipinski definition) is 4. The van der Waals surface area contributed by atoms with Crippen molar-refractivity contribution in [2.24, 2.45) is 4.99 Å². The van der Waals surface area contributed by atoms with Crippen LogP contribution in [0.3, 0.4) is 0 Å². The highest BCUT2D eigenvalue weighted by atomic mass is 127. The van der Waals surface area contributed by atoms with Crippen LogP contribution in [0.5, 0.6) is 11.5 Å². The molecule has 0 bridgehead atoms.